The molecule has 0 aliphatic rings. The van der Waals surface area contributed by atoms with Crippen LogP contribution in [0.1, 0.15) is 75.1 Å². The predicted molar refractivity (Wildman–Crippen MR) is 128 cm³/mol. The van der Waals surface area contributed by atoms with E-state index in [1.165, 1.54) is 12.1 Å². The summed E-state index contributed by atoms with van der Waals surface area (Å²) >= 11 is 11.4. The first-order chi connectivity index (χ1) is 15.0. The number of rotatable bonds is 16. The molecular weight excluding hydrogens is 455 g/mol. The molecule has 0 aliphatic heterocycles. The van der Waals surface area contributed by atoms with E-state index in [9.17, 15) is 9.59 Å². The highest BCUT2D eigenvalue weighted by atomic mass is 35.5. The summed E-state index contributed by atoms with van der Waals surface area (Å²) < 4.78 is 23.1. The molecule has 0 amide bonds. The second-order valence-electron chi connectivity index (χ2n) is 8.74. The Hall–Kier alpha value is -1.34. The summed E-state index contributed by atoms with van der Waals surface area (Å²) in [4.78, 5) is 23.8. The van der Waals surface area contributed by atoms with Crippen molar-refractivity contribution in [2.75, 3.05) is 26.4 Å². The maximum atomic E-state index is 11.9. The molecule has 0 saturated heterocycles. The van der Waals surface area contributed by atoms with Crippen LogP contribution in [0.4, 0.5) is 0 Å². The lowest BCUT2D eigenvalue weighted by atomic mass is 10.1. The molecule has 182 valence electrons. The summed E-state index contributed by atoms with van der Waals surface area (Å²) in [5.41, 5.74) is 0.0808. The van der Waals surface area contributed by atoms with Crippen LogP contribution in [-0.4, -0.2) is 49.1 Å². The van der Waals surface area contributed by atoms with Gasteiger partial charge in [-0.25, -0.2) is 0 Å². The van der Waals surface area contributed by atoms with Crippen LogP contribution < -0.4 is 9.47 Å². The minimum Gasteiger partial charge on any atom is -0.490 e. The number of carbonyl (C=O) groups excluding carboxylic acids is 2. The zero-order chi connectivity index (χ0) is 24.3. The van der Waals surface area contributed by atoms with Gasteiger partial charge in [-0.05, 0) is 67.8 Å². The average Bonchev–Trinajstić information content (AvgIpc) is 2.69. The minimum absolute atomic E-state index is 0.0404. The topological polar surface area (TPSA) is 71.1 Å². The third-order valence-corrected chi connectivity index (χ3v) is 5.05. The lowest BCUT2D eigenvalue weighted by Crippen LogP contribution is -2.21. The van der Waals surface area contributed by atoms with E-state index in [0.717, 1.165) is 12.8 Å². The molecule has 0 unspecified atom stereocenters. The molecule has 1 aromatic carbocycles. The third-order valence-electron chi connectivity index (χ3n) is 4.65. The van der Waals surface area contributed by atoms with E-state index < -0.39 is 10.5 Å². The molecule has 0 aliphatic carbocycles. The standard InChI is InChI=1S/C24H36Cl2O6/c1-15(2)7-9-29-17(5)13-31-21-12-22(20(24(26)28)11-19(21)23(25)27)32-14-18(6)30-10-8-16(3)4/h11-12,15-18H,7-10,13-14H2,1-6H3/t17-,18-/m0/s1. The number of halogens is 2. The Balaban J connectivity index is 2.90. The molecule has 2 atom stereocenters. The zero-order valence-electron chi connectivity index (χ0n) is 19.9. The Morgan fingerprint density at radius 1 is 0.719 bits per heavy atom. The molecule has 0 heterocycles. The first-order valence-corrected chi connectivity index (χ1v) is 11.8. The monoisotopic (exact) mass is 490 g/mol. The van der Waals surface area contributed by atoms with E-state index in [-0.39, 0.29) is 48.0 Å². The number of ether oxygens (including phenoxy) is 4. The summed E-state index contributed by atoms with van der Waals surface area (Å²) in [5.74, 6) is 1.49. The lowest BCUT2D eigenvalue weighted by molar-refractivity contribution is 0.0250. The summed E-state index contributed by atoms with van der Waals surface area (Å²) in [5, 5.41) is -1.52. The van der Waals surface area contributed by atoms with Crippen molar-refractivity contribution in [3.8, 4) is 11.5 Å². The summed E-state index contributed by atoms with van der Waals surface area (Å²) in [6.07, 6.45) is 1.50. The Morgan fingerprint density at radius 3 is 1.41 bits per heavy atom. The van der Waals surface area contributed by atoms with E-state index in [0.29, 0.717) is 25.0 Å². The fourth-order valence-corrected chi connectivity index (χ4v) is 2.92. The van der Waals surface area contributed by atoms with Gasteiger partial charge in [0.2, 0.25) is 0 Å². The molecule has 6 nitrogen and oxygen atoms in total. The number of hydrogen-bond donors (Lipinski definition) is 0. The number of hydrogen-bond acceptors (Lipinski definition) is 6. The van der Waals surface area contributed by atoms with Crippen LogP contribution in [0.3, 0.4) is 0 Å². The van der Waals surface area contributed by atoms with Crippen LogP contribution in [0.25, 0.3) is 0 Å². The van der Waals surface area contributed by atoms with E-state index >= 15 is 0 Å². The van der Waals surface area contributed by atoms with Crippen LogP contribution in [-0.2, 0) is 9.47 Å². The Kier molecular flexibility index (Phi) is 13.2. The van der Waals surface area contributed by atoms with Gasteiger partial charge in [0.05, 0.1) is 23.3 Å². The van der Waals surface area contributed by atoms with Crippen molar-refractivity contribution < 1.29 is 28.5 Å². The van der Waals surface area contributed by atoms with Gasteiger partial charge in [-0.15, -0.1) is 0 Å². The lowest BCUT2D eigenvalue weighted by Gasteiger charge is -2.19. The maximum Gasteiger partial charge on any atom is 0.256 e. The van der Waals surface area contributed by atoms with Crippen molar-refractivity contribution in [1.82, 2.24) is 0 Å². The van der Waals surface area contributed by atoms with Crippen molar-refractivity contribution >= 4 is 33.7 Å². The highest BCUT2D eigenvalue weighted by Gasteiger charge is 2.21. The van der Waals surface area contributed by atoms with Crippen LogP contribution in [0, 0.1) is 11.8 Å². The van der Waals surface area contributed by atoms with Crippen molar-refractivity contribution in [3.63, 3.8) is 0 Å². The molecule has 1 rings (SSSR count). The van der Waals surface area contributed by atoms with Gasteiger partial charge >= 0.3 is 0 Å². The highest BCUT2D eigenvalue weighted by Crippen LogP contribution is 2.32. The summed E-state index contributed by atoms with van der Waals surface area (Å²) in [6, 6.07) is 2.76. The van der Waals surface area contributed by atoms with Gasteiger partial charge < -0.3 is 18.9 Å². The van der Waals surface area contributed by atoms with Crippen LogP contribution in [0.5, 0.6) is 11.5 Å². The fraction of sp³-hybridized carbons (Fsp3) is 0.667. The number of benzene rings is 1. The van der Waals surface area contributed by atoms with E-state index in [4.69, 9.17) is 42.1 Å². The predicted octanol–water partition coefficient (Wildman–Crippen LogP) is 6.10. The van der Waals surface area contributed by atoms with Crippen LogP contribution in [0.15, 0.2) is 12.1 Å². The van der Waals surface area contributed by atoms with Crippen molar-refractivity contribution in [1.29, 1.82) is 0 Å². The molecule has 0 saturated carbocycles. The van der Waals surface area contributed by atoms with Gasteiger partial charge in [-0.1, -0.05) is 27.7 Å². The van der Waals surface area contributed by atoms with Crippen LogP contribution >= 0.6 is 23.2 Å². The number of carbonyl (C=O) groups is 2. The largest absolute Gasteiger partial charge is 0.490 e. The van der Waals surface area contributed by atoms with Crippen molar-refractivity contribution in [2.24, 2.45) is 11.8 Å². The molecule has 8 heteroatoms. The van der Waals surface area contributed by atoms with Gasteiger partial charge in [0, 0.05) is 19.3 Å². The van der Waals surface area contributed by atoms with Gasteiger partial charge in [-0.2, -0.15) is 0 Å². The van der Waals surface area contributed by atoms with Gasteiger partial charge in [0.1, 0.15) is 24.7 Å². The second-order valence-corrected chi connectivity index (χ2v) is 9.43. The van der Waals surface area contributed by atoms with E-state index in [1.54, 1.807) is 0 Å². The Labute approximate surface area is 201 Å². The normalized spacial score (nSPS) is 13.3. The molecule has 0 bridgehead atoms. The molecule has 0 N–H and O–H groups in total. The molecule has 32 heavy (non-hydrogen) atoms. The Bertz CT molecular complexity index is 678. The van der Waals surface area contributed by atoms with Gasteiger partial charge in [0.15, 0.2) is 0 Å². The molecule has 0 aromatic heterocycles. The first-order valence-electron chi connectivity index (χ1n) is 11.1. The first kappa shape index (κ1) is 28.7. The Morgan fingerprint density at radius 2 is 1.09 bits per heavy atom. The van der Waals surface area contributed by atoms with Gasteiger partial charge in [0.25, 0.3) is 10.5 Å². The maximum absolute atomic E-state index is 11.9. The molecule has 0 spiro atoms. The van der Waals surface area contributed by atoms with Gasteiger partial charge in [-0.3, -0.25) is 9.59 Å². The molecule has 0 fully saturated rings. The summed E-state index contributed by atoms with van der Waals surface area (Å²) in [6.45, 7) is 13.9. The third kappa shape index (κ3) is 11.0. The van der Waals surface area contributed by atoms with Crippen LogP contribution in [0.2, 0.25) is 0 Å². The van der Waals surface area contributed by atoms with E-state index in [1.807, 2.05) is 13.8 Å². The SMILES string of the molecule is CC(C)CCO[C@@H](C)COc1cc(OC[C@H](C)OCCC(C)C)c(C(=O)Cl)cc1C(=O)Cl. The minimum atomic E-state index is -0.760. The molecule has 1 aromatic rings. The smallest absolute Gasteiger partial charge is 0.256 e. The van der Waals surface area contributed by atoms with E-state index in [2.05, 4.69) is 27.7 Å². The quantitative estimate of drug-likeness (QED) is 0.260. The highest BCUT2D eigenvalue weighted by molar-refractivity contribution is 6.69. The van der Waals surface area contributed by atoms with Crippen molar-refractivity contribution in [3.05, 3.63) is 23.3 Å². The second kappa shape index (κ2) is 14.7. The van der Waals surface area contributed by atoms with Crippen molar-refractivity contribution in [2.45, 2.75) is 66.6 Å². The zero-order valence-corrected chi connectivity index (χ0v) is 21.4. The molecule has 0 radical (unpaired) electrons. The summed E-state index contributed by atoms with van der Waals surface area (Å²) in [7, 11) is 0. The average molecular weight is 491 g/mol. The fourth-order valence-electron chi connectivity index (χ4n) is 2.63. The molecular formula is C24H36Cl2O6.